The van der Waals surface area contributed by atoms with Crippen molar-refractivity contribution >= 4 is 10.1 Å². The van der Waals surface area contributed by atoms with Crippen molar-refractivity contribution < 1.29 is 13.0 Å². The van der Waals surface area contributed by atoms with Gasteiger partial charge >= 0.3 is 0 Å². The van der Waals surface area contributed by atoms with Crippen molar-refractivity contribution in [3.8, 4) is 0 Å². The minimum atomic E-state index is -4.06. The van der Waals surface area contributed by atoms with Crippen molar-refractivity contribution in [2.45, 2.75) is 31.2 Å². The van der Waals surface area contributed by atoms with Crippen molar-refractivity contribution in [3.05, 3.63) is 0 Å². The SMILES string of the molecule is CN1CCCN(N2CCCCC2)C1S(=O)(=O)O. The van der Waals surface area contributed by atoms with E-state index in [1.165, 1.54) is 6.42 Å². The van der Waals surface area contributed by atoms with Crippen LogP contribution in [0.5, 0.6) is 0 Å². The van der Waals surface area contributed by atoms with Gasteiger partial charge in [-0.2, -0.15) is 8.42 Å². The van der Waals surface area contributed by atoms with Crippen LogP contribution in [0.2, 0.25) is 0 Å². The molecule has 1 N–H and O–H groups in total. The molecule has 0 spiro atoms. The first-order valence-electron chi connectivity index (χ1n) is 6.18. The molecule has 7 heteroatoms. The van der Waals surface area contributed by atoms with E-state index in [1.54, 1.807) is 11.9 Å². The molecule has 0 aromatic carbocycles. The average Bonchev–Trinajstić information content (AvgIpc) is 2.28. The first kappa shape index (κ1) is 13.2. The Morgan fingerprint density at radius 3 is 2.24 bits per heavy atom. The van der Waals surface area contributed by atoms with Crippen molar-refractivity contribution in [2.24, 2.45) is 0 Å². The third kappa shape index (κ3) is 2.97. The van der Waals surface area contributed by atoms with Crippen LogP contribution in [0.4, 0.5) is 0 Å². The molecule has 0 aromatic rings. The molecule has 2 saturated heterocycles. The highest BCUT2D eigenvalue weighted by Gasteiger charge is 2.39. The van der Waals surface area contributed by atoms with Crippen molar-refractivity contribution in [1.82, 2.24) is 14.9 Å². The lowest BCUT2D eigenvalue weighted by atomic mass is 10.1. The van der Waals surface area contributed by atoms with Crippen LogP contribution in [0.3, 0.4) is 0 Å². The summed E-state index contributed by atoms with van der Waals surface area (Å²) in [7, 11) is -2.32. The molecule has 0 bridgehead atoms. The second-order valence-corrected chi connectivity index (χ2v) is 6.30. The summed E-state index contributed by atoms with van der Waals surface area (Å²) in [4.78, 5) is 1.70. The molecule has 0 saturated carbocycles. The second kappa shape index (κ2) is 5.19. The zero-order valence-electron chi connectivity index (χ0n) is 10.2. The van der Waals surface area contributed by atoms with E-state index in [0.717, 1.165) is 32.4 Å². The Balaban J connectivity index is 2.17. The van der Waals surface area contributed by atoms with Gasteiger partial charge in [0.05, 0.1) is 0 Å². The van der Waals surface area contributed by atoms with Gasteiger partial charge in [-0.05, 0) is 26.3 Å². The van der Waals surface area contributed by atoms with E-state index in [2.05, 4.69) is 5.01 Å². The van der Waals surface area contributed by atoms with Crippen LogP contribution in [-0.4, -0.2) is 66.6 Å². The fraction of sp³-hybridized carbons (Fsp3) is 1.00. The lowest BCUT2D eigenvalue weighted by Gasteiger charge is -2.46. The zero-order valence-corrected chi connectivity index (χ0v) is 11.1. The second-order valence-electron chi connectivity index (χ2n) is 4.85. The van der Waals surface area contributed by atoms with E-state index in [1.807, 2.05) is 5.01 Å². The van der Waals surface area contributed by atoms with E-state index in [0.29, 0.717) is 13.1 Å². The van der Waals surface area contributed by atoms with Crippen molar-refractivity contribution in [2.75, 3.05) is 33.2 Å². The van der Waals surface area contributed by atoms with E-state index < -0.39 is 15.6 Å². The highest BCUT2D eigenvalue weighted by molar-refractivity contribution is 7.86. The average molecular weight is 263 g/mol. The lowest BCUT2D eigenvalue weighted by Crippen LogP contribution is -2.62. The topological polar surface area (TPSA) is 64.1 Å². The Labute approximate surface area is 103 Å². The van der Waals surface area contributed by atoms with Gasteiger partial charge in [-0.25, -0.2) is 10.0 Å². The molecule has 6 nitrogen and oxygen atoms in total. The minimum Gasteiger partial charge on any atom is -0.283 e. The maximum absolute atomic E-state index is 11.5. The van der Waals surface area contributed by atoms with Crippen LogP contribution >= 0.6 is 0 Å². The van der Waals surface area contributed by atoms with E-state index in [-0.39, 0.29) is 0 Å². The monoisotopic (exact) mass is 263 g/mol. The van der Waals surface area contributed by atoms with Gasteiger partial charge in [-0.15, -0.1) is 0 Å². The molecule has 0 radical (unpaired) electrons. The molecular formula is C10H21N3O3S. The number of hydrogen-bond acceptors (Lipinski definition) is 5. The maximum atomic E-state index is 11.5. The van der Waals surface area contributed by atoms with Crippen LogP contribution < -0.4 is 0 Å². The van der Waals surface area contributed by atoms with Crippen LogP contribution in [-0.2, 0) is 10.1 Å². The summed E-state index contributed by atoms with van der Waals surface area (Å²) in [5.41, 5.74) is -0.908. The smallest absolute Gasteiger partial charge is 0.283 e. The number of hydrogen-bond donors (Lipinski definition) is 1. The Kier molecular flexibility index (Phi) is 4.04. The molecule has 0 aromatic heterocycles. The number of nitrogens with zero attached hydrogens (tertiary/aromatic N) is 3. The zero-order chi connectivity index (χ0) is 12.5. The Morgan fingerprint density at radius 2 is 1.65 bits per heavy atom. The Morgan fingerprint density at radius 1 is 1.00 bits per heavy atom. The number of piperidine rings is 1. The Hall–Kier alpha value is -0.210. The molecule has 100 valence electrons. The van der Waals surface area contributed by atoms with E-state index in [4.69, 9.17) is 0 Å². The van der Waals surface area contributed by atoms with Gasteiger partial charge in [0.1, 0.15) is 0 Å². The third-order valence-corrected chi connectivity index (χ3v) is 4.63. The van der Waals surface area contributed by atoms with E-state index >= 15 is 0 Å². The summed E-state index contributed by atoms with van der Waals surface area (Å²) in [5, 5.41) is 3.90. The maximum Gasteiger partial charge on any atom is 0.296 e. The van der Waals surface area contributed by atoms with Crippen LogP contribution in [0.25, 0.3) is 0 Å². The molecule has 1 unspecified atom stereocenters. The summed E-state index contributed by atoms with van der Waals surface area (Å²) < 4.78 is 32.4. The fourth-order valence-electron chi connectivity index (χ4n) is 2.73. The summed E-state index contributed by atoms with van der Waals surface area (Å²) in [6, 6.07) is 0. The molecule has 0 aliphatic carbocycles. The molecule has 17 heavy (non-hydrogen) atoms. The molecule has 2 aliphatic rings. The highest BCUT2D eigenvalue weighted by Crippen LogP contribution is 2.22. The first-order valence-corrected chi connectivity index (χ1v) is 7.68. The third-order valence-electron chi connectivity index (χ3n) is 3.49. The first-order chi connectivity index (χ1) is 8.00. The minimum absolute atomic E-state index is 0.703. The molecule has 2 aliphatic heterocycles. The largest absolute Gasteiger partial charge is 0.296 e. The summed E-state index contributed by atoms with van der Waals surface area (Å²) in [5.74, 6) is 0. The summed E-state index contributed by atoms with van der Waals surface area (Å²) in [6.07, 6.45) is 4.33. The van der Waals surface area contributed by atoms with Crippen molar-refractivity contribution in [1.29, 1.82) is 0 Å². The van der Waals surface area contributed by atoms with Gasteiger partial charge in [-0.1, -0.05) is 6.42 Å². The molecular weight excluding hydrogens is 242 g/mol. The molecule has 2 fully saturated rings. The fourth-order valence-corrected chi connectivity index (χ4v) is 3.83. The van der Waals surface area contributed by atoms with Gasteiger partial charge in [-0.3, -0.25) is 9.45 Å². The van der Waals surface area contributed by atoms with Crippen LogP contribution in [0.1, 0.15) is 25.7 Å². The van der Waals surface area contributed by atoms with Gasteiger partial charge in [0.25, 0.3) is 10.1 Å². The quantitative estimate of drug-likeness (QED) is 0.718. The molecule has 2 rings (SSSR count). The van der Waals surface area contributed by atoms with Gasteiger partial charge in [0, 0.05) is 26.2 Å². The molecule has 1 atom stereocenters. The molecule has 2 heterocycles. The standard InChI is InChI=1S/C10H21N3O3S/c1-11-6-5-9-13(10(11)17(14,15)16)12-7-3-2-4-8-12/h10H,2-9H2,1H3,(H,14,15,16). The normalized spacial score (nSPS) is 30.6. The van der Waals surface area contributed by atoms with Gasteiger partial charge < -0.3 is 0 Å². The predicted molar refractivity (Wildman–Crippen MR) is 64.7 cm³/mol. The summed E-state index contributed by atoms with van der Waals surface area (Å²) in [6.45, 7) is 3.18. The predicted octanol–water partition coefficient (Wildman–Crippen LogP) is 0.196. The highest BCUT2D eigenvalue weighted by atomic mass is 32.2. The van der Waals surface area contributed by atoms with Gasteiger partial charge in [0.2, 0.25) is 5.50 Å². The summed E-state index contributed by atoms with van der Waals surface area (Å²) >= 11 is 0. The van der Waals surface area contributed by atoms with Crippen molar-refractivity contribution in [3.63, 3.8) is 0 Å². The number of hydrazine groups is 1. The lowest BCUT2D eigenvalue weighted by molar-refractivity contribution is -0.109. The van der Waals surface area contributed by atoms with Crippen LogP contribution in [0.15, 0.2) is 0 Å². The van der Waals surface area contributed by atoms with Crippen LogP contribution in [0, 0.1) is 0 Å². The Bertz CT molecular complexity index is 354. The van der Waals surface area contributed by atoms with E-state index in [9.17, 15) is 13.0 Å². The molecule has 0 amide bonds. The van der Waals surface area contributed by atoms with Gasteiger partial charge in [0.15, 0.2) is 0 Å². The number of rotatable bonds is 2.